The maximum absolute atomic E-state index is 13.9. The minimum Gasteiger partial charge on any atom is -0.453 e. The quantitative estimate of drug-likeness (QED) is 0.158. The van der Waals surface area contributed by atoms with Crippen molar-refractivity contribution < 1.29 is 19.1 Å². The number of rotatable bonds is 13. The molecule has 0 saturated carbocycles. The predicted molar refractivity (Wildman–Crippen MR) is 225 cm³/mol. The number of carbonyl (C=O) groups excluding carboxylic acids is 3. The van der Waals surface area contributed by atoms with E-state index in [2.05, 4.69) is 71.4 Å². The second-order valence-electron chi connectivity index (χ2n) is 15.8. The Hall–Kier alpha value is -5.10. The number of allylic oxidation sites excluding steroid dienone is 10. The van der Waals surface area contributed by atoms with Crippen LogP contribution in [0.15, 0.2) is 89.8 Å². The molecule has 2 aromatic heterocycles. The number of hydrogen-bond donors (Lipinski definition) is 3. The van der Waals surface area contributed by atoms with E-state index >= 15 is 0 Å². The van der Waals surface area contributed by atoms with Crippen LogP contribution in [0.3, 0.4) is 0 Å². The average molecular weight is 790 g/mol. The second kappa shape index (κ2) is 18.0. The molecule has 4 unspecified atom stereocenters. The molecular formula is C45H55N7O4S. The molecule has 11 nitrogen and oxygen atoms in total. The Kier molecular flexibility index (Phi) is 12.7. The highest BCUT2D eigenvalue weighted by Gasteiger charge is 2.38. The normalized spacial score (nSPS) is 20.4. The molecule has 3 amide bonds. The third kappa shape index (κ3) is 9.06. The van der Waals surface area contributed by atoms with Crippen LogP contribution >= 0.6 is 11.8 Å². The van der Waals surface area contributed by atoms with Crippen molar-refractivity contribution in [2.45, 2.75) is 84.2 Å². The highest BCUT2D eigenvalue weighted by atomic mass is 32.2. The zero-order valence-corrected chi connectivity index (χ0v) is 34.5. The Morgan fingerprint density at radius 1 is 0.947 bits per heavy atom. The summed E-state index contributed by atoms with van der Waals surface area (Å²) in [7, 11) is 1.29. The Morgan fingerprint density at radius 2 is 1.68 bits per heavy atom. The molecule has 3 heterocycles. The largest absolute Gasteiger partial charge is 0.453 e. The van der Waals surface area contributed by atoms with Gasteiger partial charge in [0.25, 0.3) is 5.91 Å². The summed E-state index contributed by atoms with van der Waals surface area (Å²) >= 11 is 1.66. The number of aromatic nitrogens is 4. The number of nitrogens with one attached hydrogen (secondary N) is 3. The topological polar surface area (TPSA) is 136 Å². The zero-order chi connectivity index (χ0) is 40.1. The molecule has 1 aliphatic heterocycles. The van der Waals surface area contributed by atoms with Crippen molar-refractivity contribution in [3.8, 4) is 0 Å². The van der Waals surface area contributed by atoms with Crippen LogP contribution in [0.2, 0.25) is 0 Å². The van der Waals surface area contributed by atoms with Crippen molar-refractivity contribution in [2.75, 3.05) is 26.0 Å². The fraction of sp³-hybridized carbons (Fsp3) is 0.444. The van der Waals surface area contributed by atoms with Crippen molar-refractivity contribution in [3.63, 3.8) is 0 Å². The zero-order valence-electron chi connectivity index (χ0n) is 33.7. The number of fused-ring (bicyclic) bond motifs is 1. The number of hydrogen-bond acceptors (Lipinski definition) is 7. The lowest BCUT2D eigenvalue weighted by Gasteiger charge is -2.29. The lowest BCUT2D eigenvalue weighted by Crippen LogP contribution is -2.42. The van der Waals surface area contributed by atoms with Crippen molar-refractivity contribution >= 4 is 40.8 Å². The molecule has 1 saturated heterocycles. The van der Waals surface area contributed by atoms with E-state index in [0.717, 1.165) is 73.9 Å². The summed E-state index contributed by atoms with van der Waals surface area (Å²) in [4.78, 5) is 59.5. The van der Waals surface area contributed by atoms with Gasteiger partial charge >= 0.3 is 6.09 Å². The lowest BCUT2D eigenvalue weighted by atomic mass is 9.75. The summed E-state index contributed by atoms with van der Waals surface area (Å²) in [5.74, 6) is 3.10. The van der Waals surface area contributed by atoms with Gasteiger partial charge in [-0.05, 0) is 83.8 Å². The molecule has 3 aromatic rings. The van der Waals surface area contributed by atoms with Gasteiger partial charge in [-0.1, -0.05) is 88.4 Å². The van der Waals surface area contributed by atoms with Crippen LogP contribution in [0.4, 0.5) is 4.79 Å². The molecule has 4 atom stereocenters. The highest BCUT2D eigenvalue weighted by molar-refractivity contribution is 7.99. The van der Waals surface area contributed by atoms with E-state index in [1.807, 2.05) is 54.5 Å². The Morgan fingerprint density at radius 3 is 2.42 bits per heavy atom. The third-order valence-electron chi connectivity index (χ3n) is 11.8. The van der Waals surface area contributed by atoms with Crippen molar-refractivity contribution in [3.05, 3.63) is 118 Å². The van der Waals surface area contributed by atoms with Gasteiger partial charge in [0, 0.05) is 24.8 Å². The number of methoxy groups -OCH3 is 1. The summed E-state index contributed by atoms with van der Waals surface area (Å²) in [6.45, 7) is 10.1. The highest BCUT2D eigenvalue weighted by Crippen LogP contribution is 2.43. The molecule has 4 aliphatic rings. The number of H-pyrrole nitrogens is 2. The molecule has 300 valence electrons. The van der Waals surface area contributed by atoms with Gasteiger partial charge in [-0.2, -0.15) is 0 Å². The first-order valence-electron chi connectivity index (χ1n) is 20.3. The Labute approximate surface area is 340 Å². The summed E-state index contributed by atoms with van der Waals surface area (Å²) < 4.78 is 4.84. The van der Waals surface area contributed by atoms with Gasteiger partial charge in [-0.15, -0.1) is 11.8 Å². The van der Waals surface area contributed by atoms with Gasteiger partial charge in [-0.3, -0.25) is 9.59 Å². The van der Waals surface area contributed by atoms with E-state index in [4.69, 9.17) is 9.72 Å². The Bertz CT molecular complexity index is 2110. The molecule has 7 rings (SSSR count). The van der Waals surface area contributed by atoms with Gasteiger partial charge in [0.05, 0.1) is 37.4 Å². The minimum atomic E-state index is -0.861. The number of benzene rings is 1. The maximum Gasteiger partial charge on any atom is 0.407 e. The van der Waals surface area contributed by atoms with Crippen LogP contribution in [0.1, 0.15) is 106 Å². The van der Waals surface area contributed by atoms with Gasteiger partial charge in [-0.25, -0.2) is 14.8 Å². The van der Waals surface area contributed by atoms with E-state index in [1.165, 1.54) is 35.0 Å². The van der Waals surface area contributed by atoms with Crippen LogP contribution in [-0.2, 0) is 20.9 Å². The second-order valence-corrected chi connectivity index (χ2v) is 17.0. The van der Waals surface area contributed by atoms with Crippen LogP contribution in [0.5, 0.6) is 0 Å². The van der Waals surface area contributed by atoms with Crippen LogP contribution < -0.4 is 5.32 Å². The number of alkyl carbamates (subject to hydrolysis) is 1. The molecule has 3 aliphatic carbocycles. The number of amides is 3. The van der Waals surface area contributed by atoms with Crippen LogP contribution in [0, 0.1) is 17.8 Å². The number of imidazole rings is 2. The maximum atomic E-state index is 13.9. The number of thioether (sulfide) groups is 1. The molecule has 0 spiro atoms. The number of carbonyl (C=O) groups is 3. The van der Waals surface area contributed by atoms with E-state index in [1.54, 1.807) is 16.7 Å². The van der Waals surface area contributed by atoms with Crippen LogP contribution in [-0.4, -0.2) is 73.6 Å². The lowest BCUT2D eigenvalue weighted by molar-refractivity contribution is -0.137. The van der Waals surface area contributed by atoms with Crippen molar-refractivity contribution in [2.24, 2.45) is 17.8 Å². The summed E-state index contributed by atoms with van der Waals surface area (Å²) in [5, 5.41) is 2.44. The van der Waals surface area contributed by atoms with Crippen LogP contribution in [0.25, 0.3) is 11.1 Å². The molecule has 3 N–H and O–H groups in total. The van der Waals surface area contributed by atoms with Gasteiger partial charge in [0.2, 0.25) is 5.91 Å². The third-order valence-corrected chi connectivity index (χ3v) is 13.0. The van der Waals surface area contributed by atoms with Gasteiger partial charge in [0.15, 0.2) is 0 Å². The summed E-state index contributed by atoms with van der Waals surface area (Å²) in [6, 6.07) is 8.39. The van der Waals surface area contributed by atoms with Crippen molar-refractivity contribution in [1.82, 2.24) is 35.1 Å². The van der Waals surface area contributed by atoms with Crippen molar-refractivity contribution in [1.29, 1.82) is 0 Å². The van der Waals surface area contributed by atoms with E-state index in [9.17, 15) is 14.4 Å². The first-order valence-corrected chi connectivity index (χ1v) is 21.4. The monoisotopic (exact) mass is 789 g/mol. The smallest absolute Gasteiger partial charge is 0.407 e. The van der Waals surface area contributed by atoms with Gasteiger partial charge in [0.1, 0.15) is 23.1 Å². The standard InChI is InChI=1S/C45H55N7O4S/c1-6-20-51(42(53)29(4)28(2)3)27-39-46-25-38(48-39)36-19-18-34-23-33(16-17-35(34)24-36)30-12-14-31(15-13-30)37-26-47-41(49-37)44-52(21-22-57-44)43(54)40(50-45(55)56-5)32-10-8-7-9-11-32/h7-12,14,18-19,23,25-26,28-29,35,40,44H,6,13,15-17,20-22,24,27H2,1-5H3,(H,46,48)(H,47,49)(H,50,55). The minimum absolute atomic E-state index is 0.0146. The molecule has 57 heavy (non-hydrogen) atoms. The SMILES string of the molecule is CCCN(Cc1ncc(C2=CC=C3C=C(C4=CC=C(c5cnc(C6SCCN6C(=O)C(NC(=O)OC)c6ccccc6)[nH]5)CC4)CCC3C2)[nH]1)C(=O)C(C)C(C)C. The van der Waals surface area contributed by atoms with E-state index < -0.39 is 12.1 Å². The molecule has 12 heteroatoms. The molecule has 1 fully saturated rings. The Balaban J connectivity index is 1.00. The number of ether oxygens (including phenoxy) is 1. The summed E-state index contributed by atoms with van der Waals surface area (Å²) in [6.07, 6.45) is 20.4. The van der Waals surface area contributed by atoms with Gasteiger partial charge < -0.3 is 29.8 Å². The summed E-state index contributed by atoms with van der Waals surface area (Å²) in [5.41, 5.74) is 9.37. The van der Waals surface area contributed by atoms with E-state index in [-0.39, 0.29) is 23.1 Å². The molecule has 1 aromatic carbocycles. The fourth-order valence-electron chi connectivity index (χ4n) is 8.12. The number of nitrogens with zero attached hydrogens (tertiary/aromatic N) is 4. The first-order chi connectivity index (χ1) is 27.6. The predicted octanol–water partition coefficient (Wildman–Crippen LogP) is 8.69. The van der Waals surface area contributed by atoms with E-state index in [0.29, 0.717) is 30.5 Å². The first kappa shape index (κ1) is 40.1. The number of aromatic amines is 2. The molecule has 0 radical (unpaired) electrons. The fourth-order valence-corrected chi connectivity index (χ4v) is 9.32. The molecule has 0 bridgehead atoms. The molecular weight excluding hydrogens is 735 g/mol. The average Bonchev–Trinajstić information content (AvgIpc) is 4.04.